The highest BCUT2D eigenvalue weighted by Crippen LogP contribution is 2.44. The number of aryl methyl sites for hydroxylation is 1. The Labute approximate surface area is 175 Å². The normalized spacial score (nSPS) is 15.0. The number of Topliss-reactive ketones (excluding diaryl/α,β-unsaturated/α-hetero) is 1. The van der Waals surface area contributed by atoms with Crippen LogP contribution in [-0.2, 0) is 23.2 Å². The molecule has 5 heteroatoms. The highest BCUT2D eigenvalue weighted by Gasteiger charge is 2.46. The molecule has 3 aromatic rings. The summed E-state index contributed by atoms with van der Waals surface area (Å²) in [6, 6.07) is 13.3. The van der Waals surface area contributed by atoms with E-state index in [4.69, 9.17) is 11.6 Å². The van der Waals surface area contributed by atoms with Crippen molar-refractivity contribution in [2.24, 2.45) is 0 Å². The minimum atomic E-state index is -0.543. The first kappa shape index (κ1) is 19.7. The number of aliphatic hydroxyl groups excluding tert-OH is 1. The Bertz CT molecular complexity index is 1030. The van der Waals surface area contributed by atoms with Gasteiger partial charge in [0, 0.05) is 17.0 Å². The lowest BCUT2D eigenvalue weighted by Crippen LogP contribution is -2.44. The van der Waals surface area contributed by atoms with Crippen molar-refractivity contribution in [3.63, 3.8) is 0 Å². The van der Waals surface area contributed by atoms with E-state index in [1.54, 1.807) is 12.4 Å². The van der Waals surface area contributed by atoms with Crippen molar-refractivity contribution < 1.29 is 9.90 Å². The van der Waals surface area contributed by atoms with Crippen LogP contribution in [0.25, 0.3) is 11.3 Å². The van der Waals surface area contributed by atoms with Crippen LogP contribution in [-0.4, -0.2) is 20.9 Å². The van der Waals surface area contributed by atoms with Crippen LogP contribution in [0.2, 0.25) is 5.02 Å². The van der Waals surface area contributed by atoms with Gasteiger partial charge in [-0.2, -0.15) is 0 Å². The van der Waals surface area contributed by atoms with Gasteiger partial charge >= 0.3 is 0 Å². The van der Waals surface area contributed by atoms with Gasteiger partial charge in [-0.25, -0.2) is 0 Å². The van der Waals surface area contributed by atoms with Crippen LogP contribution < -0.4 is 0 Å². The molecule has 29 heavy (non-hydrogen) atoms. The van der Waals surface area contributed by atoms with E-state index >= 15 is 0 Å². The summed E-state index contributed by atoms with van der Waals surface area (Å²) in [5, 5.41) is 10.3. The molecule has 148 valence electrons. The number of hydrogen-bond donors (Lipinski definition) is 1. The molecular weight excluding hydrogens is 384 g/mol. The fourth-order valence-electron chi connectivity index (χ4n) is 3.98. The number of ketones is 1. The molecule has 2 aromatic carbocycles. The predicted molar refractivity (Wildman–Crippen MR) is 114 cm³/mol. The number of carbonyl (C=O) groups excluding carboxylic acids is 1. The molecule has 0 atom stereocenters. The predicted octanol–water partition coefficient (Wildman–Crippen LogP) is 4.83. The summed E-state index contributed by atoms with van der Waals surface area (Å²) in [6.07, 6.45) is 6.44. The van der Waals surface area contributed by atoms with Gasteiger partial charge in [-0.1, -0.05) is 53.9 Å². The molecule has 1 fully saturated rings. The van der Waals surface area contributed by atoms with Crippen LogP contribution in [0.4, 0.5) is 0 Å². The standard InChI is InChI=1S/C24H23ClN2O2/c1-16-3-8-20(18(11-16)15-28)21-13-27-22(14-26-21)24(9-2-10-24)23(29)12-17-4-6-19(25)7-5-17/h3-8,11,13-14,28H,2,9-10,12,15H2,1H3. The smallest absolute Gasteiger partial charge is 0.149 e. The van der Waals surface area contributed by atoms with Gasteiger partial charge in [-0.3, -0.25) is 14.8 Å². The van der Waals surface area contributed by atoms with Gasteiger partial charge in [0.1, 0.15) is 5.78 Å². The first-order valence-electron chi connectivity index (χ1n) is 9.83. The van der Waals surface area contributed by atoms with Gasteiger partial charge in [-0.05, 0) is 43.0 Å². The summed E-state index contributed by atoms with van der Waals surface area (Å²) in [4.78, 5) is 22.4. The third-order valence-electron chi connectivity index (χ3n) is 5.87. The lowest BCUT2D eigenvalue weighted by molar-refractivity contribution is -0.127. The van der Waals surface area contributed by atoms with E-state index in [-0.39, 0.29) is 12.4 Å². The van der Waals surface area contributed by atoms with Crippen molar-refractivity contribution in [1.82, 2.24) is 9.97 Å². The van der Waals surface area contributed by atoms with Gasteiger partial charge < -0.3 is 5.11 Å². The second kappa shape index (κ2) is 8.05. The summed E-state index contributed by atoms with van der Waals surface area (Å²) in [7, 11) is 0. The Kier molecular flexibility index (Phi) is 5.48. The minimum absolute atomic E-state index is 0.0516. The fraction of sp³-hybridized carbons (Fsp3) is 0.292. The maximum Gasteiger partial charge on any atom is 0.149 e. The average molecular weight is 407 g/mol. The largest absolute Gasteiger partial charge is 0.392 e. The number of rotatable bonds is 6. The van der Waals surface area contributed by atoms with Crippen molar-refractivity contribution >= 4 is 17.4 Å². The fourth-order valence-corrected chi connectivity index (χ4v) is 4.11. The molecule has 0 bridgehead atoms. The molecule has 1 saturated carbocycles. The van der Waals surface area contributed by atoms with Crippen LogP contribution in [0.1, 0.15) is 41.6 Å². The maximum atomic E-state index is 13.2. The number of carbonyl (C=O) groups is 1. The second-order valence-electron chi connectivity index (χ2n) is 7.77. The Morgan fingerprint density at radius 1 is 1.10 bits per heavy atom. The molecular formula is C24H23ClN2O2. The maximum absolute atomic E-state index is 13.2. The molecule has 0 spiro atoms. The Morgan fingerprint density at radius 3 is 2.45 bits per heavy atom. The molecule has 0 aliphatic heterocycles. The molecule has 0 unspecified atom stereocenters. The highest BCUT2D eigenvalue weighted by atomic mass is 35.5. The van der Waals surface area contributed by atoms with E-state index in [1.165, 1.54) is 0 Å². The van der Waals surface area contributed by atoms with Crippen LogP contribution >= 0.6 is 11.6 Å². The molecule has 0 radical (unpaired) electrons. The van der Waals surface area contributed by atoms with Crippen molar-refractivity contribution in [2.75, 3.05) is 0 Å². The van der Waals surface area contributed by atoms with E-state index < -0.39 is 5.41 Å². The lowest BCUT2D eigenvalue weighted by Gasteiger charge is -2.39. The molecule has 1 aliphatic rings. The van der Waals surface area contributed by atoms with Crippen molar-refractivity contribution in [2.45, 2.75) is 44.6 Å². The minimum Gasteiger partial charge on any atom is -0.392 e. The Hall–Kier alpha value is -2.56. The van der Waals surface area contributed by atoms with Gasteiger partial charge in [0.2, 0.25) is 0 Å². The average Bonchev–Trinajstić information content (AvgIpc) is 2.69. The zero-order valence-electron chi connectivity index (χ0n) is 16.4. The van der Waals surface area contributed by atoms with E-state index in [2.05, 4.69) is 9.97 Å². The molecule has 0 amide bonds. The number of nitrogens with zero attached hydrogens (tertiary/aromatic N) is 2. The Balaban J connectivity index is 1.60. The molecule has 4 nitrogen and oxygen atoms in total. The van der Waals surface area contributed by atoms with Crippen LogP contribution in [0.3, 0.4) is 0 Å². The molecule has 1 heterocycles. The number of benzene rings is 2. The lowest BCUT2D eigenvalue weighted by atomic mass is 9.63. The van der Waals surface area contributed by atoms with Gasteiger partial charge in [-0.15, -0.1) is 0 Å². The number of aliphatic hydroxyl groups is 1. The Morgan fingerprint density at radius 2 is 1.86 bits per heavy atom. The molecule has 1 aromatic heterocycles. The summed E-state index contributed by atoms with van der Waals surface area (Å²) < 4.78 is 0. The molecule has 1 aliphatic carbocycles. The summed E-state index contributed by atoms with van der Waals surface area (Å²) in [6.45, 7) is 1.94. The number of hydrogen-bond acceptors (Lipinski definition) is 4. The molecule has 4 rings (SSSR count). The third kappa shape index (κ3) is 3.83. The SMILES string of the molecule is Cc1ccc(-c2cnc(C3(C(=O)Cc4ccc(Cl)cc4)CCC3)cn2)c(CO)c1. The zero-order valence-corrected chi connectivity index (χ0v) is 17.1. The van der Waals surface area contributed by atoms with Crippen LogP contribution in [0.15, 0.2) is 54.9 Å². The van der Waals surface area contributed by atoms with Crippen molar-refractivity contribution in [3.05, 3.63) is 82.3 Å². The van der Waals surface area contributed by atoms with E-state index in [9.17, 15) is 9.90 Å². The summed E-state index contributed by atoms with van der Waals surface area (Å²) in [5.74, 6) is 0.180. The van der Waals surface area contributed by atoms with Crippen LogP contribution in [0.5, 0.6) is 0 Å². The first-order chi connectivity index (χ1) is 14.0. The van der Waals surface area contributed by atoms with Gasteiger partial charge in [0.15, 0.2) is 0 Å². The quantitative estimate of drug-likeness (QED) is 0.636. The topological polar surface area (TPSA) is 63.1 Å². The second-order valence-corrected chi connectivity index (χ2v) is 8.20. The summed E-state index contributed by atoms with van der Waals surface area (Å²) >= 11 is 5.95. The van der Waals surface area contributed by atoms with Crippen molar-refractivity contribution in [3.8, 4) is 11.3 Å². The number of halogens is 1. The van der Waals surface area contributed by atoms with Crippen molar-refractivity contribution in [1.29, 1.82) is 0 Å². The number of aromatic nitrogens is 2. The van der Waals surface area contributed by atoms with E-state index in [0.29, 0.717) is 17.1 Å². The first-order valence-corrected chi connectivity index (χ1v) is 10.2. The van der Waals surface area contributed by atoms with E-state index in [1.807, 2.05) is 49.4 Å². The van der Waals surface area contributed by atoms with E-state index in [0.717, 1.165) is 47.2 Å². The third-order valence-corrected chi connectivity index (χ3v) is 6.12. The summed E-state index contributed by atoms with van der Waals surface area (Å²) in [5.41, 5.74) is 4.64. The molecule has 1 N–H and O–H groups in total. The highest BCUT2D eigenvalue weighted by molar-refractivity contribution is 6.30. The van der Waals surface area contributed by atoms with Crippen LogP contribution in [0, 0.1) is 6.92 Å². The zero-order chi connectivity index (χ0) is 20.4. The van der Waals surface area contributed by atoms with Gasteiger partial charge in [0.05, 0.1) is 35.8 Å². The monoisotopic (exact) mass is 406 g/mol. The molecule has 0 saturated heterocycles. The van der Waals surface area contributed by atoms with Gasteiger partial charge in [0.25, 0.3) is 0 Å².